The van der Waals surface area contributed by atoms with E-state index in [0.717, 1.165) is 35.1 Å². The summed E-state index contributed by atoms with van der Waals surface area (Å²) < 4.78 is 0. The summed E-state index contributed by atoms with van der Waals surface area (Å²) in [6.45, 7) is 7.19. The Bertz CT molecular complexity index is 541. The van der Waals surface area contributed by atoms with Gasteiger partial charge in [-0.1, -0.05) is 0 Å². The van der Waals surface area contributed by atoms with Crippen molar-refractivity contribution in [3.8, 4) is 0 Å². The highest BCUT2D eigenvalue weighted by Crippen LogP contribution is 2.13. The molecule has 0 aliphatic heterocycles. The fraction of sp³-hybridized carbons (Fsp3) is 0.462. The van der Waals surface area contributed by atoms with Crippen LogP contribution in [0.25, 0.3) is 0 Å². The van der Waals surface area contributed by atoms with Crippen LogP contribution in [0.15, 0.2) is 6.07 Å². The summed E-state index contributed by atoms with van der Waals surface area (Å²) in [5, 5.41) is 10.5. The number of H-pyrrole nitrogens is 1. The molecule has 2 rings (SSSR count). The molecule has 0 radical (unpaired) electrons. The maximum Gasteiger partial charge on any atom is 0.130 e. The van der Waals surface area contributed by atoms with E-state index in [1.807, 2.05) is 26.8 Å². The van der Waals surface area contributed by atoms with Gasteiger partial charge in [-0.2, -0.15) is 5.10 Å². The van der Waals surface area contributed by atoms with Crippen LogP contribution in [-0.4, -0.2) is 26.7 Å². The molecule has 2 heterocycles. The Hall–Kier alpha value is -1.95. The lowest BCUT2D eigenvalue weighted by Crippen LogP contribution is -2.09. The van der Waals surface area contributed by atoms with Gasteiger partial charge in [0.1, 0.15) is 11.6 Å². The third-order valence-electron chi connectivity index (χ3n) is 3.02. The van der Waals surface area contributed by atoms with Crippen molar-refractivity contribution in [1.29, 1.82) is 0 Å². The van der Waals surface area contributed by atoms with Gasteiger partial charge in [0, 0.05) is 36.0 Å². The average molecular weight is 260 g/mol. The van der Waals surface area contributed by atoms with Gasteiger partial charge in [0.05, 0.1) is 5.69 Å². The van der Waals surface area contributed by atoms with Gasteiger partial charge in [0.25, 0.3) is 0 Å². The topological polar surface area (TPSA) is 92.5 Å². The van der Waals surface area contributed by atoms with Gasteiger partial charge in [0.15, 0.2) is 0 Å². The number of anilines is 1. The number of hydrogen-bond acceptors (Lipinski definition) is 5. The lowest BCUT2D eigenvalue weighted by molar-refractivity contribution is 0.885. The SMILES string of the molecule is Cc1nc(CCN)cc(NCc2c(C)n[nH]c2C)n1. The largest absolute Gasteiger partial charge is 0.366 e. The number of aryl methyl sites for hydroxylation is 3. The number of rotatable bonds is 5. The third-order valence-corrected chi connectivity index (χ3v) is 3.02. The molecule has 0 aliphatic carbocycles. The van der Waals surface area contributed by atoms with Crippen molar-refractivity contribution < 1.29 is 0 Å². The number of nitrogens with zero attached hydrogens (tertiary/aromatic N) is 3. The number of aromatic nitrogens is 4. The van der Waals surface area contributed by atoms with E-state index in [1.165, 1.54) is 5.56 Å². The molecule has 6 heteroatoms. The quantitative estimate of drug-likeness (QED) is 0.752. The fourth-order valence-corrected chi connectivity index (χ4v) is 2.01. The van der Waals surface area contributed by atoms with Gasteiger partial charge in [-0.05, 0) is 27.3 Å². The van der Waals surface area contributed by atoms with Crippen LogP contribution in [0.4, 0.5) is 5.82 Å². The number of nitrogens with one attached hydrogen (secondary N) is 2. The zero-order valence-corrected chi connectivity index (χ0v) is 11.6. The Morgan fingerprint density at radius 2 is 2.05 bits per heavy atom. The van der Waals surface area contributed by atoms with Crippen molar-refractivity contribution in [2.75, 3.05) is 11.9 Å². The molecule has 2 aromatic rings. The van der Waals surface area contributed by atoms with Crippen molar-refractivity contribution in [1.82, 2.24) is 20.2 Å². The van der Waals surface area contributed by atoms with E-state index in [-0.39, 0.29) is 0 Å². The van der Waals surface area contributed by atoms with Gasteiger partial charge < -0.3 is 11.1 Å². The van der Waals surface area contributed by atoms with Gasteiger partial charge in [0.2, 0.25) is 0 Å². The second-order valence-corrected chi connectivity index (χ2v) is 4.60. The molecule has 0 aromatic carbocycles. The van der Waals surface area contributed by atoms with Crippen LogP contribution in [0, 0.1) is 20.8 Å². The zero-order chi connectivity index (χ0) is 13.8. The van der Waals surface area contributed by atoms with E-state index >= 15 is 0 Å². The molecular weight excluding hydrogens is 240 g/mol. The minimum atomic E-state index is 0.593. The Kier molecular flexibility index (Phi) is 4.11. The minimum Gasteiger partial charge on any atom is -0.366 e. The van der Waals surface area contributed by atoms with Crippen LogP contribution in [0.5, 0.6) is 0 Å². The van der Waals surface area contributed by atoms with E-state index in [1.54, 1.807) is 0 Å². The van der Waals surface area contributed by atoms with Crippen LogP contribution in [-0.2, 0) is 13.0 Å². The van der Waals surface area contributed by atoms with Crippen molar-refractivity contribution in [2.45, 2.75) is 33.7 Å². The van der Waals surface area contributed by atoms with E-state index in [2.05, 4.69) is 25.5 Å². The standard InChI is InChI=1S/C13H20N6/c1-8-12(9(2)19-18-8)7-15-13-6-11(4-5-14)16-10(3)17-13/h6H,4-5,7,14H2,1-3H3,(H,18,19)(H,15,16,17). The molecule has 0 aliphatic rings. The second-order valence-electron chi connectivity index (χ2n) is 4.60. The Morgan fingerprint density at radius 3 is 2.68 bits per heavy atom. The summed E-state index contributed by atoms with van der Waals surface area (Å²) in [6.07, 6.45) is 0.766. The predicted molar refractivity (Wildman–Crippen MR) is 74.9 cm³/mol. The van der Waals surface area contributed by atoms with Crippen molar-refractivity contribution in [2.24, 2.45) is 5.73 Å². The number of hydrogen-bond donors (Lipinski definition) is 3. The summed E-state index contributed by atoms with van der Waals surface area (Å²) in [5.74, 6) is 1.59. The average Bonchev–Trinajstić information content (AvgIpc) is 2.66. The molecule has 19 heavy (non-hydrogen) atoms. The molecule has 102 valence electrons. The predicted octanol–water partition coefficient (Wildman–Crippen LogP) is 1.24. The van der Waals surface area contributed by atoms with Crippen LogP contribution in [0.1, 0.15) is 28.5 Å². The van der Waals surface area contributed by atoms with Crippen LogP contribution in [0.2, 0.25) is 0 Å². The van der Waals surface area contributed by atoms with Gasteiger partial charge in [-0.25, -0.2) is 9.97 Å². The first-order valence-electron chi connectivity index (χ1n) is 6.39. The normalized spacial score (nSPS) is 10.7. The maximum absolute atomic E-state index is 5.56. The van der Waals surface area contributed by atoms with Crippen LogP contribution in [0.3, 0.4) is 0 Å². The van der Waals surface area contributed by atoms with Crippen molar-refractivity contribution in [3.63, 3.8) is 0 Å². The zero-order valence-electron chi connectivity index (χ0n) is 11.6. The molecular formula is C13H20N6. The first kappa shape index (κ1) is 13.5. The Balaban J connectivity index is 2.11. The fourth-order valence-electron chi connectivity index (χ4n) is 2.01. The minimum absolute atomic E-state index is 0.593. The molecule has 0 amide bonds. The van der Waals surface area contributed by atoms with E-state index in [9.17, 15) is 0 Å². The Labute approximate surface area is 112 Å². The van der Waals surface area contributed by atoms with Crippen molar-refractivity contribution in [3.05, 3.63) is 34.5 Å². The van der Waals surface area contributed by atoms with Crippen LogP contribution < -0.4 is 11.1 Å². The van der Waals surface area contributed by atoms with E-state index < -0.39 is 0 Å². The van der Waals surface area contributed by atoms with Crippen LogP contribution >= 0.6 is 0 Å². The van der Waals surface area contributed by atoms with E-state index in [4.69, 9.17) is 5.73 Å². The van der Waals surface area contributed by atoms with E-state index in [0.29, 0.717) is 13.1 Å². The molecule has 0 bridgehead atoms. The first-order valence-corrected chi connectivity index (χ1v) is 6.39. The van der Waals surface area contributed by atoms with Crippen molar-refractivity contribution >= 4 is 5.82 Å². The summed E-state index contributed by atoms with van der Waals surface area (Å²) in [6, 6.07) is 1.95. The summed E-state index contributed by atoms with van der Waals surface area (Å²) in [7, 11) is 0. The number of nitrogens with two attached hydrogens (primary N) is 1. The highest BCUT2D eigenvalue weighted by molar-refractivity contribution is 5.38. The first-order chi connectivity index (χ1) is 9.10. The number of aromatic amines is 1. The maximum atomic E-state index is 5.56. The Morgan fingerprint density at radius 1 is 1.26 bits per heavy atom. The highest BCUT2D eigenvalue weighted by atomic mass is 15.1. The molecule has 0 atom stereocenters. The third kappa shape index (κ3) is 3.29. The molecule has 4 N–H and O–H groups in total. The molecule has 0 spiro atoms. The van der Waals surface area contributed by atoms with Gasteiger partial charge in [-0.15, -0.1) is 0 Å². The summed E-state index contributed by atoms with van der Waals surface area (Å²) in [4.78, 5) is 8.74. The molecule has 2 aromatic heterocycles. The molecule has 6 nitrogen and oxygen atoms in total. The monoisotopic (exact) mass is 260 g/mol. The molecule has 0 fully saturated rings. The second kappa shape index (κ2) is 5.79. The lowest BCUT2D eigenvalue weighted by Gasteiger charge is -2.08. The lowest BCUT2D eigenvalue weighted by atomic mass is 10.2. The molecule has 0 saturated heterocycles. The molecule has 0 unspecified atom stereocenters. The smallest absolute Gasteiger partial charge is 0.130 e. The highest BCUT2D eigenvalue weighted by Gasteiger charge is 2.07. The summed E-state index contributed by atoms with van der Waals surface area (Å²) in [5.41, 5.74) is 9.80. The molecule has 0 saturated carbocycles. The summed E-state index contributed by atoms with van der Waals surface area (Å²) >= 11 is 0. The van der Waals surface area contributed by atoms with Gasteiger partial charge >= 0.3 is 0 Å². The van der Waals surface area contributed by atoms with Gasteiger partial charge in [-0.3, -0.25) is 5.10 Å².